The first-order valence-electron chi connectivity index (χ1n) is 9.34. The number of rotatable bonds is 6. The van der Waals surface area contributed by atoms with Gasteiger partial charge in [-0.15, -0.1) is 0 Å². The van der Waals surface area contributed by atoms with Gasteiger partial charge in [-0.2, -0.15) is 0 Å². The van der Waals surface area contributed by atoms with Gasteiger partial charge in [0.1, 0.15) is 10.4 Å². The second-order valence-electron chi connectivity index (χ2n) is 6.90. The minimum absolute atomic E-state index is 0.0301. The van der Waals surface area contributed by atoms with E-state index in [9.17, 15) is 13.2 Å². The Labute approximate surface area is 194 Å². The fraction of sp³-hybridized carbons (Fsp3) is 0.0455. The fourth-order valence-corrected chi connectivity index (χ4v) is 5.08. The van der Waals surface area contributed by atoms with Crippen LogP contribution in [0.2, 0.25) is 10.0 Å². The Morgan fingerprint density at radius 2 is 1.72 bits per heavy atom. The number of sulfonamides is 1. The van der Waals surface area contributed by atoms with Crippen LogP contribution in [0.1, 0.15) is 21.5 Å². The molecule has 3 aromatic carbocycles. The van der Waals surface area contributed by atoms with Crippen LogP contribution in [0.25, 0.3) is 11.0 Å². The molecule has 0 aliphatic carbocycles. The zero-order valence-corrected chi connectivity index (χ0v) is 18.7. The summed E-state index contributed by atoms with van der Waals surface area (Å²) in [5, 5.41) is 0.891. The zero-order chi connectivity index (χ0) is 22.9. The summed E-state index contributed by atoms with van der Waals surface area (Å²) in [7, 11) is -4.14. The van der Waals surface area contributed by atoms with E-state index in [4.69, 9.17) is 28.9 Å². The number of nitrogens with one attached hydrogen (secondary N) is 1. The van der Waals surface area contributed by atoms with Crippen molar-refractivity contribution in [3.05, 3.63) is 93.7 Å². The third kappa shape index (κ3) is 4.38. The lowest BCUT2D eigenvalue weighted by atomic mass is 10.00. The number of halogens is 2. The molecule has 0 saturated heterocycles. The number of carbonyl (C=O) groups excluding carboxylic acids is 1. The number of aromatic nitrogens is 2. The summed E-state index contributed by atoms with van der Waals surface area (Å²) in [6.07, 6.45) is 3.12. The number of primary amides is 1. The van der Waals surface area contributed by atoms with E-state index in [2.05, 4.69) is 14.7 Å². The molecular formula is C22H16Cl2N4O3S. The molecule has 0 aliphatic rings. The molecule has 0 unspecified atom stereocenters. The van der Waals surface area contributed by atoms with Crippen molar-refractivity contribution >= 4 is 55.9 Å². The molecule has 7 nitrogen and oxygen atoms in total. The molecule has 0 saturated carbocycles. The summed E-state index contributed by atoms with van der Waals surface area (Å²) < 4.78 is 29.2. The summed E-state index contributed by atoms with van der Waals surface area (Å²) in [5.41, 5.74) is 7.49. The number of nitrogens with zero attached hydrogens (tertiary/aromatic N) is 2. The van der Waals surface area contributed by atoms with Crippen LogP contribution in [0.4, 0.5) is 5.69 Å². The van der Waals surface area contributed by atoms with E-state index in [1.165, 1.54) is 24.5 Å². The summed E-state index contributed by atoms with van der Waals surface area (Å²) >= 11 is 12.3. The molecule has 10 heteroatoms. The van der Waals surface area contributed by atoms with Gasteiger partial charge in [0.25, 0.3) is 15.9 Å². The van der Waals surface area contributed by atoms with E-state index >= 15 is 0 Å². The van der Waals surface area contributed by atoms with Crippen LogP contribution < -0.4 is 10.5 Å². The van der Waals surface area contributed by atoms with E-state index in [1.54, 1.807) is 42.5 Å². The first-order chi connectivity index (χ1) is 15.3. The molecule has 0 radical (unpaired) electrons. The number of carbonyl (C=O) groups is 1. The third-order valence-electron chi connectivity index (χ3n) is 4.80. The topological polar surface area (TPSA) is 115 Å². The van der Waals surface area contributed by atoms with Crippen molar-refractivity contribution in [3.63, 3.8) is 0 Å². The molecule has 1 aromatic heterocycles. The molecule has 162 valence electrons. The molecule has 0 fully saturated rings. The van der Waals surface area contributed by atoms with Crippen molar-refractivity contribution in [1.82, 2.24) is 9.97 Å². The molecule has 4 rings (SSSR count). The summed E-state index contributed by atoms with van der Waals surface area (Å²) in [4.78, 5) is 20.3. The summed E-state index contributed by atoms with van der Waals surface area (Å²) in [6.45, 7) is 0. The van der Waals surface area contributed by atoms with E-state index in [0.29, 0.717) is 26.7 Å². The smallest absolute Gasteiger partial charge is 0.264 e. The Morgan fingerprint density at radius 1 is 0.969 bits per heavy atom. The van der Waals surface area contributed by atoms with Crippen LogP contribution in [0, 0.1) is 0 Å². The Kier molecular flexibility index (Phi) is 6.01. The maximum atomic E-state index is 13.3. The molecule has 0 spiro atoms. The molecule has 1 amide bonds. The Hall–Kier alpha value is -3.20. The van der Waals surface area contributed by atoms with Crippen molar-refractivity contribution in [2.45, 2.75) is 11.3 Å². The Bertz CT molecular complexity index is 1450. The molecule has 0 aliphatic heterocycles. The van der Waals surface area contributed by atoms with E-state index in [1.807, 2.05) is 0 Å². The van der Waals surface area contributed by atoms with Gasteiger partial charge in [-0.05, 0) is 41.5 Å². The number of hydrogen-bond donors (Lipinski definition) is 2. The monoisotopic (exact) mass is 486 g/mol. The lowest BCUT2D eigenvalue weighted by Crippen LogP contribution is -2.20. The SMILES string of the molecule is NC(=O)c1cccc(Cc2ccc(Cl)cc2Cl)c1NS(=O)(=O)c1cccc2nccnc12. The van der Waals surface area contributed by atoms with Crippen molar-refractivity contribution < 1.29 is 13.2 Å². The number of benzene rings is 3. The molecule has 32 heavy (non-hydrogen) atoms. The van der Waals surface area contributed by atoms with Crippen molar-refractivity contribution in [1.29, 1.82) is 0 Å². The van der Waals surface area contributed by atoms with E-state index in [0.717, 1.165) is 0 Å². The number of nitrogens with two attached hydrogens (primary N) is 1. The highest BCUT2D eigenvalue weighted by Gasteiger charge is 2.23. The Balaban J connectivity index is 1.82. The maximum Gasteiger partial charge on any atom is 0.264 e. The largest absolute Gasteiger partial charge is 0.366 e. The van der Waals surface area contributed by atoms with Gasteiger partial charge < -0.3 is 5.73 Å². The van der Waals surface area contributed by atoms with Crippen LogP contribution >= 0.6 is 23.2 Å². The molecule has 4 aromatic rings. The summed E-state index contributed by atoms with van der Waals surface area (Å²) in [6, 6.07) is 14.4. The van der Waals surface area contributed by atoms with Crippen LogP contribution in [0.3, 0.4) is 0 Å². The fourth-order valence-electron chi connectivity index (χ4n) is 3.32. The van der Waals surface area contributed by atoms with Gasteiger partial charge in [-0.3, -0.25) is 19.5 Å². The van der Waals surface area contributed by atoms with E-state index < -0.39 is 15.9 Å². The van der Waals surface area contributed by atoms with Gasteiger partial charge in [-0.1, -0.05) is 47.5 Å². The second kappa shape index (κ2) is 8.74. The van der Waals surface area contributed by atoms with Crippen LogP contribution in [0.5, 0.6) is 0 Å². The number of amides is 1. The lowest BCUT2D eigenvalue weighted by molar-refractivity contribution is 0.100. The highest BCUT2D eigenvalue weighted by atomic mass is 35.5. The van der Waals surface area contributed by atoms with Crippen LogP contribution in [0.15, 0.2) is 71.9 Å². The van der Waals surface area contributed by atoms with Gasteiger partial charge in [0.15, 0.2) is 0 Å². The number of fused-ring (bicyclic) bond motifs is 1. The standard InChI is InChI=1S/C22H16Cl2N4O3S/c23-15-8-7-13(17(24)12-15)11-14-3-1-4-16(22(25)29)20(14)28-32(30,31)19-6-2-5-18-21(19)27-10-9-26-18/h1-10,12,28H,11H2,(H2,25,29). The average molecular weight is 487 g/mol. The first kappa shape index (κ1) is 22.0. The van der Waals surface area contributed by atoms with Crippen molar-refractivity contribution in [2.24, 2.45) is 5.73 Å². The van der Waals surface area contributed by atoms with Crippen molar-refractivity contribution in [3.8, 4) is 0 Å². The van der Waals surface area contributed by atoms with Gasteiger partial charge >= 0.3 is 0 Å². The quantitative estimate of drug-likeness (QED) is 0.418. The number of anilines is 1. The average Bonchev–Trinajstić information content (AvgIpc) is 2.76. The van der Waals surface area contributed by atoms with E-state index in [-0.39, 0.29) is 28.1 Å². The Morgan fingerprint density at radius 3 is 2.47 bits per heavy atom. The van der Waals surface area contributed by atoms with Gasteiger partial charge in [0.05, 0.1) is 16.8 Å². The predicted octanol–water partition coefficient (Wildman–Crippen LogP) is 4.43. The molecular weight excluding hydrogens is 471 g/mol. The van der Waals surface area contributed by atoms with Gasteiger partial charge in [0, 0.05) is 28.9 Å². The van der Waals surface area contributed by atoms with Gasteiger partial charge in [0.2, 0.25) is 0 Å². The minimum atomic E-state index is -4.14. The first-order valence-corrected chi connectivity index (χ1v) is 11.6. The second-order valence-corrected chi connectivity index (χ2v) is 9.40. The maximum absolute atomic E-state index is 13.3. The highest BCUT2D eigenvalue weighted by molar-refractivity contribution is 7.93. The molecule has 0 atom stereocenters. The molecule has 3 N–H and O–H groups in total. The minimum Gasteiger partial charge on any atom is -0.366 e. The third-order valence-corrected chi connectivity index (χ3v) is 6.77. The number of para-hydroxylation sites is 2. The highest BCUT2D eigenvalue weighted by Crippen LogP contribution is 2.31. The number of hydrogen-bond acceptors (Lipinski definition) is 5. The zero-order valence-electron chi connectivity index (χ0n) is 16.4. The summed E-state index contributed by atoms with van der Waals surface area (Å²) in [5.74, 6) is -0.774. The van der Waals surface area contributed by atoms with Crippen LogP contribution in [-0.4, -0.2) is 24.3 Å². The van der Waals surface area contributed by atoms with Crippen molar-refractivity contribution in [2.75, 3.05) is 4.72 Å². The predicted molar refractivity (Wildman–Crippen MR) is 125 cm³/mol. The molecule has 1 heterocycles. The lowest BCUT2D eigenvalue weighted by Gasteiger charge is -2.17. The molecule has 0 bridgehead atoms. The van der Waals surface area contributed by atoms with Gasteiger partial charge in [-0.25, -0.2) is 8.42 Å². The van der Waals surface area contributed by atoms with Crippen LogP contribution in [-0.2, 0) is 16.4 Å². The normalized spacial score (nSPS) is 11.4.